The maximum Gasteiger partial charge on any atom is 0.404 e. The Kier molecular flexibility index (Phi) is 2.86. The highest BCUT2D eigenvalue weighted by Crippen LogP contribution is 2.11. The van der Waals surface area contributed by atoms with Crippen molar-refractivity contribution in [2.24, 2.45) is 5.73 Å². The number of hydrogen-bond donors (Lipinski definition) is 2. The molecule has 3 N–H and O–H groups in total. The Balaban J connectivity index is 1.98. The van der Waals surface area contributed by atoms with Gasteiger partial charge in [0.25, 0.3) is 0 Å². The van der Waals surface area contributed by atoms with Crippen LogP contribution in [-0.4, -0.2) is 33.8 Å². The van der Waals surface area contributed by atoms with Crippen molar-refractivity contribution in [3.05, 3.63) is 24.7 Å². The fraction of sp³-hybridized carbons (Fsp3) is 0.222. The Labute approximate surface area is 91.2 Å². The Bertz CT molecular complexity index is 495. The summed E-state index contributed by atoms with van der Waals surface area (Å²) < 4.78 is 6.28. The minimum atomic E-state index is -0.780. The first kappa shape index (κ1) is 10.2. The van der Waals surface area contributed by atoms with Crippen LogP contribution in [0.15, 0.2) is 24.7 Å². The van der Waals surface area contributed by atoms with E-state index in [9.17, 15) is 4.79 Å². The zero-order valence-electron chi connectivity index (χ0n) is 8.46. The molecule has 7 nitrogen and oxygen atoms in total. The van der Waals surface area contributed by atoms with E-state index in [1.807, 2.05) is 6.07 Å². The van der Waals surface area contributed by atoms with E-state index in [4.69, 9.17) is 5.73 Å². The van der Waals surface area contributed by atoms with Crippen molar-refractivity contribution in [1.29, 1.82) is 0 Å². The van der Waals surface area contributed by atoms with Gasteiger partial charge in [-0.05, 0) is 6.07 Å². The molecule has 0 aromatic carbocycles. The largest absolute Gasteiger partial charge is 0.448 e. The number of anilines is 1. The van der Waals surface area contributed by atoms with Crippen molar-refractivity contribution in [2.45, 2.75) is 0 Å². The number of nitrogens with two attached hydrogens (primary N) is 1. The molecule has 0 spiro atoms. The summed E-state index contributed by atoms with van der Waals surface area (Å²) >= 11 is 0. The number of aromatic nitrogens is 3. The van der Waals surface area contributed by atoms with Crippen molar-refractivity contribution < 1.29 is 9.53 Å². The van der Waals surface area contributed by atoms with Crippen molar-refractivity contribution in [2.75, 3.05) is 18.5 Å². The highest BCUT2D eigenvalue weighted by atomic mass is 16.5. The van der Waals surface area contributed by atoms with Gasteiger partial charge in [0.15, 0.2) is 5.82 Å². The molecule has 2 rings (SSSR count). The Hall–Kier alpha value is -2.31. The minimum absolute atomic E-state index is 0.201. The standard InChI is InChI=1S/C9H11N5O2/c10-9(15)16-6-4-12-8-7-1-2-13-14(7)5-3-11-8/h1-3,5H,4,6H2,(H2,10,15)(H,11,12). The lowest BCUT2D eigenvalue weighted by atomic mass is 10.4. The number of nitrogens with zero attached hydrogens (tertiary/aromatic N) is 3. The number of fused-ring (bicyclic) bond motifs is 1. The number of rotatable bonds is 4. The van der Waals surface area contributed by atoms with E-state index >= 15 is 0 Å². The molecule has 2 aromatic heterocycles. The smallest absolute Gasteiger partial charge is 0.404 e. The summed E-state index contributed by atoms with van der Waals surface area (Å²) in [5, 5.41) is 7.09. The quantitative estimate of drug-likeness (QED) is 0.721. The number of hydrogen-bond acceptors (Lipinski definition) is 5. The van der Waals surface area contributed by atoms with E-state index in [1.54, 1.807) is 23.1 Å². The second-order valence-corrected chi connectivity index (χ2v) is 3.03. The lowest BCUT2D eigenvalue weighted by molar-refractivity contribution is 0.161. The van der Waals surface area contributed by atoms with Gasteiger partial charge in [-0.15, -0.1) is 0 Å². The first-order chi connectivity index (χ1) is 7.77. The molecule has 0 unspecified atom stereocenters. The number of ether oxygens (including phenoxy) is 1. The highest BCUT2D eigenvalue weighted by molar-refractivity contribution is 5.67. The summed E-state index contributed by atoms with van der Waals surface area (Å²) in [6.45, 7) is 0.646. The van der Waals surface area contributed by atoms with Gasteiger partial charge in [-0.3, -0.25) is 0 Å². The van der Waals surface area contributed by atoms with E-state index in [0.717, 1.165) is 5.52 Å². The summed E-state index contributed by atoms with van der Waals surface area (Å²) in [7, 11) is 0. The number of amides is 1. The van der Waals surface area contributed by atoms with E-state index in [2.05, 4.69) is 20.1 Å². The molecule has 0 radical (unpaired) electrons. The van der Waals surface area contributed by atoms with Crippen LogP contribution < -0.4 is 11.1 Å². The number of carbonyl (C=O) groups is 1. The van der Waals surface area contributed by atoms with E-state index in [1.165, 1.54) is 0 Å². The molecule has 0 saturated heterocycles. The molecular formula is C9H11N5O2. The molecule has 2 heterocycles. The molecule has 16 heavy (non-hydrogen) atoms. The van der Waals surface area contributed by atoms with Gasteiger partial charge in [0.2, 0.25) is 0 Å². The minimum Gasteiger partial charge on any atom is -0.448 e. The fourth-order valence-electron chi connectivity index (χ4n) is 1.31. The zero-order chi connectivity index (χ0) is 11.4. The molecule has 2 aromatic rings. The predicted octanol–water partition coefficient (Wildman–Crippen LogP) is 0.236. The van der Waals surface area contributed by atoms with Crippen LogP contribution in [0.5, 0.6) is 0 Å². The molecular weight excluding hydrogens is 210 g/mol. The molecule has 0 atom stereocenters. The predicted molar refractivity (Wildman–Crippen MR) is 57.0 cm³/mol. The zero-order valence-corrected chi connectivity index (χ0v) is 8.46. The molecule has 0 saturated carbocycles. The summed E-state index contributed by atoms with van der Waals surface area (Å²) in [6, 6.07) is 1.84. The summed E-state index contributed by atoms with van der Waals surface area (Å²) in [5.41, 5.74) is 5.69. The Morgan fingerprint density at radius 2 is 2.44 bits per heavy atom. The summed E-state index contributed by atoms with van der Waals surface area (Å²) in [6.07, 6.45) is 4.29. The molecule has 0 fully saturated rings. The molecule has 1 amide bonds. The van der Waals surface area contributed by atoms with Gasteiger partial charge in [0.05, 0.1) is 12.7 Å². The SMILES string of the molecule is NC(=O)OCCNc1nccn2nccc12. The van der Waals surface area contributed by atoms with Crippen molar-refractivity contribution in [3.63, 3.8) is 0 Å². The van der Waals surface area contributed by atoms with E-state index in [-0.39, 0.29) is 6.61 Å². The van der Waals surface area contributed by atoms with Crippen LogP contribution in [0, 0.1) is 0 Å². The van der Waals surface area contributed by atoms with Crippen molar-refractivity contribution >= 4 is 17.4 Å². The van der Waals surface area contributed by atoms with Gasteiger partial charge in [-0.1, -0.05) is 0 Å². The molecule has 0 aliphatic rings. The molecule has 0 bridgehead atoms. The fourth-order valence-corrected chi connectivity index (χ4v) is 1.31. The first-order valence-corrected chi connectivity index (χ1v) is 4.72. The lowest BCUT2D eigenvalue weighted by Crippen LogP contribution is -2.18. The van der Waals surface area contributed by atoms with Gasteiger partial charge < -0.3 is 15.8 Å². The van der Waals surface area contributed by atoms with E-state index in [0.29, 0.717) is 12.4 Å². The average Bonchev–Trinajstić information content (AvgIpc) is 2.72. The van der Waals surface area contributed by atoms with Crippen LogP contribution in [0.25, 0.3) is 5.52 Å². The van der Waals surface area contributed by atoms with Crippen LogP contribution in [0.2, 0.25) is 0 Å². The van der Waals surface area contributed by atoms with Gasteiger partial charge in [-0.25, -0.2) is 14.3 Å². The van der Waals surface area contributed by atoms with E-state index < -0.39 is 6.09 Å². The number of nitrogens with one attached hydrogen (secondary N) is 1. The highest BCUT2D eigenvalue weighted by Gasteiger charge is 2.02. The molecule has 7 heteroatoms. The van der Waals surface area contributed by atoms with Gasteiger partial charge in [0, 0.05) is 12.4 Å². The molecule has 0 aliphatic carbocycles. The summed E-state index contributed by atoms with van der Waals surface area (Å²) in [5.74, 6) is 0.688. The average molecular weight is 221 g/mol. The molecule has 0 aliphatic heterocycles. The second kappa shape index (κ2) is 4.47. The Morgan fingerprint density at radius 3 is 3.25 bits per heavy atom. The molecule has 84 valence electrons. The topological polar surface area (TPSA) is 94.5 Å². The first-order valence-electron chi connectivity index (χ1n) is 4.72. The second-order valence-electron chi connectivity index (χ2n) is 3.03. The number of carbonyl (C=O) groups excluding carboxylic acids is 1. The van der Waals surface area contributed by atoms with Crippen LogP contribution >= 0.6 is 0 Å². The lowest BCUT2D eigenvalue weighted by Gasteiger charge is -2.06. The van der Waals surface area contributed by atoms with Gasteiger partial charge in [-0.2, -0.15) is 5.10 Å². The van der Waals surface area contributed by atoms with Crippen molar-refractivity contribution in [1.82, 2.24) is 14.6 Å². The van der Waals surface area contributed by atoms with Crippen LogP contribution in [-0.2, 0) is 4.74 Å². The maximum absolute atomic E-state index is 10.3. The van der Waals surface area contributed by atoms with Crippen LogP contribution in [0.1, 0.15) is 0 Å². The number of primary amides is 1. The van der Waals surface area contributed by atoms with Gasteiger partial charge >= 0.3 is 6.09 Å². The summed E-state index contributed by atoms with van der Waals surface area (Å²) in [4.78, 5) is 14.5. The van der Waals surface area contributed by atoms with Crippen LogP contribution in [0.3, 0.4) is 0 Å². The van der Waals surface area contributed by atoms with Crippen LogP contribution in [0.4, 0.5) is 10.6 Å². The maximum atomic E-state index is 10.3. The van der Waals surface area contributed by atoms with Gasteiger partial charge in [0.1, 0.15) is 12.1 Å². The third-order valence-electron chi connectivity index (χ3n) is 1.96. The normalized spacial score (nSPS) is 10.2. The monoisotopic (exact) mass is 221 g/mol. The third kappa shape index (κ3) is 2.19. The third-order valence-corrected chi connectivity index (χ3v) is 1.96. The van der Waals surface area contributed by atoms with Crippen molar-refractivity contribution in [3.8, 4) is 0 Å². The Morgan fingerprint density at radius 1 is 1.56 bits per heavy atom.